The Balaban J connectivity index is 0.000000137. The van der Waals surface area contributed by atoms with Crippen LogP contribution in [-0.4, -0.2) is 54.5 Å². The molecule has 0 spiro atoms. The molecule has 3 aromatic heterocycles. The van der Waals surface area contributed by atoms with Crippen molar-refractivity contribution in [1.82, 2.24) is 44.3 Å². The van der Waals surface area contributed by atoms with Crippen molar-refractivity contribution in [2.24, 2.45) is 0 Å². The maximum absolute atomic E-state index is 9.39. The van der Waals surface area contributed by atoms with Crippen LogP contribution in [-0.2, 0) is 19.6 Å². The van der Waals surface area contributed by atoms with E-state index in [-0.39, 0.29) is 11.5 Å². The zero-order valence-corrected chi connectivity index (χ0v) is 36.6. The molecule has 0 amide bonds. The third-order valence-electron chi connectivity index (χ3n) is 9.75. The quantitative estimate of drug-likeness (QED) is 0.120. The molecule has 0 aliphatic heterocycles. The summed E-state index contributed by atoms with van der Waals surface area (Å²) < 4.78 is 17.1. The molecule has 14 heteroatoms. The van der Waals surface area contributed by atoms with Gasteiger partial charge in [-0.25, -0.2) is 29.0 Å². The average Bonchev–Trinajstić information content (AvgIpc) is 4.19. The third kappa shape index (κ3) is 13.5. The van der Waals surface area contributed by atoms with Crippen molar-refractivity contribution in [2.45, 2.75) is 19.6 Å². The highest BCUT2D eigenvalue weighted by Crippen LogP contribution is 2.33. The summed E-state index contributed by atoms with van der Waals surface area (Å²) in [6, 6.07) is 53.6. The molecule has 0 atom stereocenters. The molecular formula is C53H42ClN9O4. The summed E-state index contributed by atoms with van der Waals surface area (Å²) in [5.41, 5.74) is 7.20. The number of benzene rings is 7. The van der Waals surface area contributed by atoms with Gasteiger partial charge in [0, 0.05) is 16.7 Å². The standard InChI is InChI=1S/C21H17N3O.C17H12ClN3O.C15H13N3O2/c1-2-6-19(7-3-1)25-21-9-5-4-8-20(21)18-12-10-17(11-13-18)14-24-16-22-15-23-24;18-16-9-14(6-7-17(16)22)5-4-13-2-1-3-15(8-13)10-21-12-19-11-20-21;19-13-4-6-14(7-5-13)20-15-3-1-2-12(8-15)9-18-11-16-10-17-18/h1-13,15-16H,14H2;1-3,6-9,11-12,22H,10H2;1-8,10-11,19H,9H2. The van der Waals surface area contributed by atoms with Gasteiger partial charge in [0.15, 0.2) is 0 Å². The highest BCUT2D eigenvalue weighted by Gasteiger charge is 2.08. The van der Waals surface area contributed by atoms with Gasteiger partial charge in [-0.15, -0.1) is 0 Å². The van der Waals surface area contributed by atoms with E-state index in [1.807, 2.05) is 102 Å². The minimum absolute atomic E-state index is 0.0575. The van der Waals surface area contributed by atoms with Crippen LogP contribution in [0.3, 0.4) is 0 Å². The van der Waals surface area contributed by atoms with Gasteiger partial charge in [0.25, 0.3) is 0 Å². The Labute approximate surface area is 391 Å². The number of rotatable bonds is 11. The van der Waals surface area contributed by atoms with E-state index in [2.05, 4.69) is 72.4 Å². The second-order valence-electron chi connectivity index (χ2n) is 14.7. The van der Waals surface area contributed by atoms with Crippen LogP contribution < -0.4 is 9.47 Å². The molecular weight excluding hydrogens is 862 g/mol. The van der Waals surface area contributed by atoms with Crippen LogP contribution in [0.1, 0.15) is 27.8 Å². The molecule has 3 heterocycles. The van der Waals surface area contributed by atoms with E-state index in [0.29, 0.717) is 30.4 Å². The number of hydrogen-bond donors (Lipinski definition) is 2. The number of aromatic hydroxyl groups is 2. The Morgan fingerprint density at radius 1 is 0.463 bits per heavy atom. The van der Waals surface area contributed by atoms with Crippen molar-refractivity contribution in [1.29, 1.82) is 0 Å². The lowest BCUT2D eigenvalue weighted by molar-refractivity contribution is 0.464. The molecule has 0 saturated carbocycles. The van der Waals surface area contributed by atoms with E-state index in [1.54, 1.807) is 71.1 Å². The first-order chi connectivity index (χ1) is 32.9. The molecule has 0 aliphatic rings. The van der Waals surface area contributed by atoms with E-state index in [0.717, 1.165) is 50.6 Å². The van der Waals surface area contributed by atoms with Crippen molar-refractivity contribution in [2.75, 3.05) is 0 Å². The molecule has 0 fully saturated rings. The molecule has 10 aromatic rings. The highest BCUT2D eigenvalue weighted by atomic mass is 35.5. The normalized spacial score (nSPS) is 10.3. The van der Waals surface area contributed by atoms with E-state index >= 15 is 0 Å². The first-order valence-corrected chi connectivity index (χ1v) is 21.3. The van der Waals surface area contributed by atoms with Crippen molar-refractivity contribution in [3.63, 3.8) is 0 Å². The number of aromatic nitrogens is 9. The molecule has 10 rings (SSSR count). The van der Waals surface area contributed by atoms with Gasteiger partial charge in [-0.1, -0.05) is 108 Å². The summed E-state index contributed by atoms with van der Waals surface area (Å²) in [6.07, 6.45) is 9.64. The van der Waals surface area contributed by atoms with Crippen LogP contribution in [0.15, 0.2) is 208 Å². The fourth-order valence-electron chi connectivity index (χ4n) is 6.54. The molecule has 7 aromatic carbocycles. The van der Waals surface area contributed by atoms with Gasteiger partial charge in [0.1, 0.15) is 72.5 Å². The Kier molecular flexibility index (Phi) is 15.0. The van der Waals surface area contributed by atoms with Gasteiger partial charge in [-0.3, -0.25) is 0 Å². The number of halogens is 1. The van der Waals surface area contributed by atoms with E-state index < -0.39 is 0 Å². The topological polar surface area (TPSA) is 151 Å². The Bertz CT molecular complexity index is 3140. The maximum atomic E-state index is 9.39. The molecule has 0 aliphatic carbocycles. The molecule has 13 nitrogen and oxygen atoms in total. The fraction of sp³-hybridized carbons (Fsp3) is 0.0566. The molecule has 0 radical (unpaired) electrons. The Morgan fingerprint density at radius 2 is 1.01 bits per heavy atom. The fourth-order valence-corrected chi connectivity index (χ4v) is 6.72. The maximum Gasteiger partial charge on any atom is 0.137 e. The molecule has 2 N–H and O–H groups in total. The van der Waals surface area contributed by atoms with Gasteiger partial charge >= 0.3 is 0 Å². The predicted molar refractivity (Wildman–Crippen MR) is 256 cm³/mol. The van der Waals surface area contributed by atoms with E-state index in [4.69, 9.17) is 21.1 Å². The molecule has 0 saturated heterocycles. The van der Waals surface area contributed by atoms with Crippen LogP contribution in [0.4, 0.5) is 0 Å². The largest absolute Gasteiger partial charge is 0.508 e. The highest BCUT2D eigenvalue weighted by molar-refractivity contribution is 6.32. The zero-order chi connectivity index (χ0) is 46.0. The number of phenolic OH excluding ortho intramolecular Hbond substituents is 2. The van der Waals surface area contributed by atoms with Gasteiger partial charge in [0.05, 0.1) is 24.7 Å². The number of hydrogen-bond acceptors (Lipinski definition) is 10. The summed E-state index contributed by atoms with van der Waals surface area (Å²) >= 11 is 5.87. The van der Waals surface area contributed by atoms with Crippen LogP contribution in [0.2, 0.25) is 5.02 Å². The van der Waals surface area contributed by atoms with Gasteiger partial charge in [-0.2, -0.15) is 15.3 Å². The smallest absolute Gasteiger partial charge is 0.137 e. The number of ether oxygens (including phenoxy) is 2. The van der Waals surface area contributed by atoms with Gasteiger partial charge in [-0.05, 0) is 107 Å². The number of phenols is 2. The number of para-hydroxylation sites is 2. The van der Waals surface area contributed by atoms with Gasteiger partial charge < -0.3 is 19.7 Å². The summed E-state index contributed by atoms with van der Waals surface area (Å²) in [6.45, 7) is 2.01. The van der Waals surface area contributed by atoms with Crippen molar-refractivity contribution >= 4 is 11.6 Å². The van der Waals surface area contributed by atoms with E-state index in [1.165, 1.54) is 24.3 Å². The second-order valence-corrected chi connectivity index (χ2v) is 15.2. The minimum Gasteiger partial charge on any atom is -0.508 e. The molecule has 67 heavy (non-hydrogen) atoms. The van der Waals surface area contributed by atoms with Crippen LogP contribution in [0.5, 0.6) is 34.5 Å². The predicted octanol–water partition coefficient (Wildman–Crippen LogP) is 10.7. The SMILES string of the molecule is Oc1ccc(C#Cc2cccc(Cn3cncn3)c2)cc1Cl.Oc1ccc(Oc2cccc(Cn3cncn3)c2)cc1.c1ccc(Oc2ccccc2-c2ccc(Cn3cncn3)cc2)cc1. The molecule has 0 bridgehead atoms. The van der Waals surface area contributed by atoms with Crippen molar-refractivity contribution < 1.29 is 19.7 Å². The average molecular weight is 904 g/mol. The summed E-state index contributed by atoms with van der Waals surface area (Å²) in [7, 11) is 0. The Hall–Kier alpha value is -8.99. The van der Waals surface area contributed by atoms with E-state index in [9.17, 15) is 10.2 Å². The first-order valence-electron chi connectivity index (χ1n) is 20.9. The lowest BCUT2D eigenvalue weighted by Gasteiger charge is -2.12. The van der Waals surface area contributed by atoms with Crippen LogP contribution >= 0.6 is 11.6 Å². The zero-order valence-electron chi connectivity index (χ0n) is 35.9. The summed E-state index contributed by atoms with van der Waals surface area (Å²) in [5.74, 6) is 9.51. The van der Waals surface area contributed by atoms with Crippen molar-refractivity contribution in [3.8, 4) is 57.5 Å². The minimum atomic E-state index is 0.0575. The monoisotopic (exact) mass is 903 g/mol. The van der Waals surface area contributed by atoms with Crippen LogP contribution in [0.25, 0.3) is 11.1 Å². The lowest BCUT2D eigenvalue weighted by Crippen LogP contribution is -1.99. The van der Waals surface area contributed by atoms with Crippen molar-refractivity contribution in [3.05, 3.63) is 241 Å². The number of nitrogens with zero attached hydrogens (tertiary/aromatic N) is 9. The Morgan fingerprint density at radius 3 is 1.64 bits per heavy atom. The van der Waals surface area contributed by atoms with Gasteiger partial charge in [0.2, 0.25) is 0 Å². The lowest BCUT2D eigenvalue weighted by atomic mass is 10.0. The summed E-state index contributed by atoms with van der Waals surface area (Å²) in [4.78, 5) is 11.8. The second kappa shape index (κ2) is 22.6. The summed E-state index contributed by atoms with van der Waals surface area (Å²) in [5, 5.41) is 31.2. The molecule has 330 valence electrons. The first kappa shape index (κ1) is 44.6. The molecule has 0 unspecified atom stereocenters. The third-order valence-corrected chi connectivity index (χ3v) is 10.1. The van der Waals surface area contributed by atoms with Crippen LogP contribution in [0, 0.1) is 11.8 Å².